The molecule has 1 heteroatoms. The van der Waals surface area contributed by atoms with E-state index in [4.69, 9.17) is 0 Å². The average molecular weight is 200 g/mol. The second-order valence-corrected chi connectivity index (χ2v) is 4.30. The Labute approximate surface area is 90.8 Å². The van der Waals surface area contributed by atoms with Gasteiger partial charge in [-0.1, -0.05) is 43.3 Å². The summed E-state index contributed by atoms with van der Waals surface area (Å²) in [4.78, 5) is 12.0. The van der Waals surface area contributed by atoms with Gasteiger partial charge in [-0.3, -0.25) is 4.79 Å². The van der Waals surface area contributed by atoms with Crippen molar-refractivity contribution in [3.05, 3.63) is 47.5 Å². The minimum Gasteiger partial charge on any atom is -0.289 e. The Morgan fingerprint density at radius 3 is 2.60 bits per heavy atom. The molecule has 0 aliphatic heterocycles. The Hall–Kier alpha value is -1.37. The molecule has 1 aromatic carbocycles. The van der Waals surface area contributed by atoms with E-state index in [1.165, 1.54) is 0 Å². The Morgan fingerprint density at radius 1 is 1.27 bits per heavy atom. The number of hydrogen-bond acceptors (Lipinski definition) is 1. The summed E-state index contributed by atoms with van der Waals surface area (Å²) >= 11 is 0. The van der Waals surface area contributed by atoms with Crippen LogP contribution in [0, 0.1) is 5.92 Å². The molecule has 2 rings (SSSR count). The highest BCUT2D eigenvalue weighted by molar-refractivity contribution is 6.08. The summed E-state index contributed by atoms with van der Waals surface area (Å²) in [6, 6.07) is 9.55. The van der Waals surface area contributed by atoms with Crippen molar-refractivity contribution in [2.45, 2.75) is 26.2 Å². The Morgan fingerprint density at radius 2 is 2.00 bits per heavy atom. The van der Waals surface area contributed by atoms with E-state index < -0.39 is 0 Å². The van der Waals surface area contributed by atoms with Gasteiger partial charge in [0.15, 0.2) is 5.78 Å². The van der Waals surface area contributed by atoms with Gasteiger partial charge in [-0.15, -0.1) is 0 Å². The van der Waals surface area contributed by atoms with Crippen molar-refractivity contribution in [3.8, 4) is 0 Å². The zero-order valence-corrected chi connectivity index (χ0v) is 9.07. The van der Waals surface area contributed by atoms with Crippen molar-refractivity contribution >= 4 is 5.78 Å². The number of Topliss-reactive ketones (excluding diaryl/α,β-unsaturated/α-hetero) is 1. The molecule has 1 aliphatic carbocycles. The number of carbonyl (C=O) groups excluding carboxylic acids is 1. The lowest BCUT2D eigenvalue weighted by atomic mass is 9.87. The van der Waals surface area contributed by atoms with E-state index in [0.717, 1.165) is 36.3 Å². The van der Waals surface area contributed by atoms with Gasteiger partial charge < -0.3 is 0 Å². The van der Waals surface area contributed by atoms with Crippen LogP contribution in [-0.2, 0) is 0 Å². The molecule has 0 bridgehead atoms. The van der Waals surface area contributed by atoms with Crippen LogP contribution in [0.4, 0.5) is 0 Å². The molecule has 1 nitrogen and oxygen atoms in total. The number of rotatable bonds is 2. The van der Waals surface area contributed by atoms with Crippen molar-refractivity contribution in [3.63, 3.8) is 0 Å². The second-order valence-electron chi connectivity index (χ2n) is 4.30. The fourth-order valence-corrected chi connectivity index (χ4v) is 1.95. The van der Waals surface area contributed by atoms with E-state index in [1.54, 1.807) is 0 Å². The topological polar surface area (TPSA) is 17.1 Å². The zero-order valence-electron chi connectivity index (χ0n) is 9.07. The number of benzene rings is 1. The first-order chi connectivity index (χ1) is 7.27. The summed E-state index contributed by atoms with van der Waals surface area (Å²) in [5, 5.41) is 0. The number of hydrogen-bond donors (Lipinski definition) is 0. The SMILES string of the molecule is CC1CC=C(C(=O)c2ccccc2)CC1. The van der Waals surface area contributed by atoms with Gasteiger partial charge in [0.2, 0.25) is 0 Å². The average Bonchev–Trinajstić information content (AvgIpc) is 2.30. The molecule has 0 heterocycles. The molecule has 0 fully saturated rings. The summed E-state index contributed by atoms with van der Waals surface area (Å²) < 4.78 is 0. The summed E-state index contributed by atoms with van der Waals surface area (Å²) in [7, 11) is 0. The molecular formula is C14H16O. The molecule has 0 N–H and O–H groups in total. The van der Waals surface area contributed by atoms with Crippen LogP contribution in [0.15, 0.2) is 42.0 Å². The predicted octanol–water partition coefficient (Wildman–Crippen LogP) is 3.62. The van der Waals surface area contributed by atoms with E-state index in [0.29, 0.717) is 0 Å². The fraction of sp³-hybridized carbons (Fsp3) is 0.357. The Balaban J connectivity index is 2.16. The monoisotopic (exact) mass is 200 g/mol. The fourth-order valence-electron chi connectivity index (χ4n) is 1.95. The van der Waals surface area contributed by atoms with Crippen LogP contribution in [0.5, 0.6) is 0 Å². The minimum absolute atomic E-state index is 0.211. The Kier molecular flexibility index (Phi) is 3.00. The third kappa shape index (κ3) is 2.35. The van der Waals surface area contributed by atoms with Crippen LogP contribution in [0.2, 0.25) is 0 Å². The molecule has 0 spiro atoms. The van der Waals surface area contributed by atoms with Gasteiger partial charge in [0, 0.05) is 5.56 Å². The maximum absolute atomic E-state index is 12.0. The van der Waals surface area contributed by atoms with E-state index >= 15 is 0 Å². The number of allylic oxidation sites excluding steroid dienone is 2. The van der Waals surface area contributed by atoms with Crippen molar-refractivity contribution in [1.29, 1.82) is 0 Å². The van der Waals surface area contributed by atoms with Gasteiger partial charge in [0.1, 0.15) is 0 Å². The van der Waals surface area contributed by atoms with Crippen molar-refractivity contribution in [2.24, 2.45) is 5.92 Å². The molecule has 0 amide bonds. The van der Waals surface area contributed by atoms with E-state index in [9.17, 15) is 4.79 Å². The molecule has 1 aromatic rings. The summed E-state index contributed by atoms with van der Waals surface area (Å²) in [5.41, 5.74) is 1.82. The smallest absolute Gasteiger partial charge is 0.188 e. The number of ketones is 1. The molecular weight excluding hydrogens is 184 g/mol. The molecule has 15 heavy (non-hydrogen) atoms. The molecule has 1 atom stereocenters. The quantitative estimate of drug-likeness (QED) is 0.666. The molecule has 1 aliphatic rings. The van der Waals surface area contributed by atoms with Crippen LogP contribution in [0.25, 0.3) is 0 Å². The third-order valence-corrected chi connectivity index (χ3v) is 3.00. The first-order valence-electron chi connectivity index (χ1n) is 5.56. The zero-order chi connectivity index (χ0) is 10.7. The lowest BCUT2D eigenvalue weighted by molar-refractivity contribution is 0.102. The van der Waals surface area contributed by atoms with Crippen molar-refractivity contribution in [1.82, 2.24) is 0 Å². The molecule has 0 saturated heterocycles. The minimum atomic E-state index is 0.211. The van der Waals surface area contributed by atoms with Crippen molar-refractivity contribution < 1.29 is 4.79 Å². The molecule has 0 saturated carbocycles. The standard InChI is InChI=1S/C14H16O/c1-11-7-9-13(10-8-11)14(15)12-5-3-2-4-6-12/h2-6,9,11H,7-8,10H2,1H3. The van der Waals surface area contributed by atoms with Crippen LogP contribution in [-0.4, -0.2) is 5.78 Å². The lowest BCUT2D eigenvalue weighted by Gasteiger charge is -2.17. The normalized spacial score (nSPS) is 20.9. The van der Waals surface area contributed by atoms with E-state index in [1.807, 2.05) is 30.3 Å². The summed E-state index contributed by atoms with van der Waals surface area (Å²) in [5.74, 6) is 0.944. The maximum atomic E-state index is 12.0. The highest BCUT2D eigenvalue weighted by Crippen LogP contribution is 2.25. The van der Waals surface area contributed by atoms with Crippen LogP contribution >= 0.6 is 0 Å². The molecule has 1 unspecified atom stereocenters. The largest absolute Gasteiger partial charge is 0.289 e. The second kappa shape index (κ2) is 4.43. The Bertz CT molecular complexity index is 376. The summed E-state index contributed by atoms with van der Waals surface area (Å²) in [6.45, 7) is 2.24. The highest BCUT2D eigenvalue weighted by atomic mass is 16.1. The van der Waals surface area contributed by atoms with E-state index in [2.05, 4.69) is 13.0 Å². The van der Waals surface area contributed by atoms with Crippen molar-refractivity contribution in [2.75, 3.05) is 0 Å². The predicted molar refractivity (Wildman–Crippen MR) is 61.9 cm³/mol. The first-order valence-corrected chi connectivity index (χ1v) is 5.56. The molecule has 0 aromatic heterocycles. The number of carbonyl (C=O) groups is 1. The van der Waals surface area contributed by atoms with Gasteiger partial charge in [0.05, 0.1) is 0 Å². The molecule has 78 valence electrons. The first kappa shape index (κ1) is 10.2. The van der Waals surface area contributed by atoms with Gasteiger partial charge in [-0.2, -0.15) is 0 Å². The van der Waals surface area contributed by atoms with E-state index in [-0.39, 0.29) is 5.78 Å². The summed E-state index contributed by atoms with van der Waals surface area (Å²) in [6.07, 6.45) is 5.25. The van der Waals surface area contributed by atoms with Gasteiger partial charge in [0.25, 0.3) is 0 Å². The van der Waals surface area contributed by atoms with Crippen LogP contribution in [0.3, 0.4) is 0 Å². The van der Waals surface area contributed by atoms with Gasteiger partial charge in [-0.25, -0.2) is 0 Å². The van der Waals surface area contributed by atoms with Crippen LogP contribution in [0.1, 0.15) is 36.5 Å². The lowest BCUT2D eigenvalue weighted by Crippen LogP contribution is -2.09. The molecule has 0 radical (unpaired) electrons. The maximum Gasteiger partial charge on any atom is 0.188 e. The van der Waals surface area contributed by atoms with Crippen LogP contribution < -0.4 is 0 Å². The third-order valence-electron chi connectivity index (χ3n) is 3.00. The van der Waals surface area contributed by atoms with Gasteiger partial charge in [-0.05, 0) is 30.8 Å². The van der Waals surface area contributed by atoms with Gasteiger partial charge >= 0.3 is 0 Å². The highest BCUT2D eigenvalue weighted by Gasteiger charge is 2.16.